The van der Waals surface area contributed by atoms with E-state index in [2.05, 4.69) is 0 Å². The van der Waals surface area contributed by atoms with E-state index < -0.39 is 21.7 Å². The van der Waals surface area contributed by atoms with E-state index in [9.17, 15) is 18.0 Å². The van der Waals surface area contributed by atoms with Gasteiger partial charge in [0, 0.05) is 24.9 Å². The van der Waals surface area contributed by atoms with Crippen LogP contribution in [0.25, 0.3) is 0 Å². The monoisotopic (exact) mass is 311 g/mol. The van der Waals surface area contributed by atoms with Crippen molar-refractivity contribution in [1.82, 2.24) is 4.90 Å². The second-order valence-corrected chi connectivity index (χ2v) is 7.22. The Kier molecular flexibility index (Phi) is 4.32. The molecule has 0 unspecified atom stereocenters. The zero-order valence-electron chi connectivity index (χ0n) is 11.7. The Bertz CT molecular complexity index is 660. The van der Waals surface area contributed by atoms with Crippen molar-refractivity contribution in [3.8, 4) is 0 Å². The lowest BCUT2D eigenvalue weighted by atomic mass is 9.96. The SMILES string of the molecule is CS(=O)(=O)c1cccc(C(=O)N2CCC(C(=O)O)CC2)c1. The number of piperidine rings is 1. The molecule has 1 N–H and O–H groups in total. The van der Waals surface area contributed by atoms with Gasteiger partial charge in [-0.3, -0.25) is 9.59 Å². The Morgan fingerprint density at radius 1 is 1.24 bits per heavy atom. The summed E-state index contributed by atoms with van der Waals surface area (Å²) in [5, 5.41) is 8.94. The fourth-order valence-corrected chi connectivity index (χ4v) is 3.04. The van der Waals surface area contributed by atoms with Crippen LogP contribution in [-0.2, 0) is 14.6 Å². The number of nitrogens with zero attached hydrogens (tertiary/aromatic N) is 1. The molecule has 1 aliphatic rings. The van der Waals surface area contributed by atoms with Crippen molar-refractivity contribution < 1.29 is 23.1 Å². The minimum absolute atomic E-state index is 0.105. The number of sulfone groups is 1. The minimum Gasteiger partial charge on any atom is -0.481 e. The van der Waals surface area contributed by atoms with E-state index in [1.165, 1.54) is 18.2 Å². The number of likely N-dealkylation sites (tertiary alicyclic amines) is 1. The summed E-state index contributed by atoms with van der Waals surface area (Å²) < 4.78 is 23.0. The smallest absolute Gasteiger partial charge is 0.306 e. The fourth-order valence-electron chi connectivity index (χ4n) is 2.37. The van der Waals surface area contributed by atoms with Crippen LogP contribution in [0, 0.1) is 5.92 Å². The van der Waals surface area contributed by atoms with Gasteiger partial charge in [-0.15, -0.1) is 0 Å². The maximum atomic E-state index is 12.3. The van der Waals surface area contributed by atoms with Gasteiger partial charge in [0.05, 0.1) is 10.8 Å². The molecule has 1 aromatic carbocycles. The van der Waals surface area contributed by atoms with Crippen LogP contribution in [0.4, 0.5) is 0 Å². The highest BCUT2D eigenvalue weighted by Crippen LogP contribution is 2.20. The third-order valence-corrected chi connectivity index (χ3v) is 4.75. The maximum absolute atomic E-state index is 12.3. The normalized spacial score (nSPS) is 16.7. The number of rotatable bonds is 3. The Hall–Kier alpha value is -1.89. The largest absolute Gasteiger partial charge is 0.481 e. The van der Waals surface area contributed by atoms with Crippen molar-refractivity contribution in [1.29, 1.82) is 0 Å². The number of hydrogen-bond donors (Lipinski definition) is 1. The molecular formula is C14H17NO5S. The van der Waals surface area contributed by atoms with E-state index in [4.69, 9.17) is 5.11 Å². The van der Waals surface area contributed by atoms with Crippen LogP contribution >= 0.6 is 0 Å². The van der Waals surface area contributed by atoms with Crippen molar-refractivity contribution in [2.45, 2.75) is 17.7 Å². The second-order valence-electron chi connectivity index (χ2n) is 5.20. The first-order valence-electron chi connectivity index (χ1n) is 6.61. The highest BCUT2D eigenvalue weighted by Gasteiger charge is 2.27. The molecule has 21 heavy (non-hydrogen) atoms. The van der Waals surface area contributed by atoms with Crippen LogP contribution in [0.5, 0.6) is 0 Å². The Balaban J connectivity index is 2.13. The summed E-state index contributed by atoms with van der Waals surface area (Å²) in [6.45, 7) is 0.748. The lowest BCUT2D eigenvalue weighted by Crippen LogP contribution is -2.40. The Morgan fingerprint density at radius 2 is 1.86 bits per heavy atom. The molecule has 0 aromatic heterocycles. The molecule has 1 saturated heterocycles. The number of hydrogen-bond acceptors (Lipinski definition) is 4. The summed E-state index contributed by atoms with van der Waals surface area (Å²) >= 11 is 0. The van der Waals surface area contributed by atoms with Crippen molar-refractivity contribution in [3.63, 3.8) is 0 Å². The summed E-state index contributed by atoms with van der Waals surface area (Å²) in [6, 6.07) is 5.91. The number of carbonyl (C=O) groups is 2. The summed E-state index contributed by atoms with van der Waals surface area (Å²) in [5.41, 5.74) is 0.312. The van der Waals surface area contributed by atoms with Gasteiger partial charge in [0.1, 0.15) is 0 Å². The van der Waals surface area contributed by atoms with Gasteiger partial charge in [-0.05, 0) is 31.0 Å². The van der Waals surface area contributed by atoms with Crippen LogP contribution in [0.15, 0.2) is 29.2 Å². The molecule has 0 spiro atoms. The predicted octanol–water partition coefficient (Wildman–Crippen LogP) is 1.03. The first-order valence-corrected chi connectivity index (χ1v) is 8.50. The van der Waals surface area contributed by atoms with Gasteiger partial charge in [-0.2, -0.15) is 0 Å². The highest BCUT2D eigenvalue weighted by molar-refractivity contribution is 7.90. The Labute approximate surface area is 123 Å². The van der Waals surface area contributed by atoms with Gasteiger partial charge >= 0.3 is 5.97 Å². The summed E-state index contributed by atoms with van der Waals surface area (Å²) in [6.07, 6.45) is 1.94. The van der Waals surface area contributed by atoms with Crippen molar-refractivity contribution in [3.05, 3.63) is 29.8 Å². The lowest BCUT2D eigenvalue weighted by molar-refractivity contribution is -0.143. The van der Waals surface area contributed by atoms with E-state index in [-0.39, 0.29) is 10.8 Å². The van der Waals surface area contributed by atoms with Gasteiger partial charge in [0.25, 0.3) is 5.91 Å². The van der Waals surface area contributed by atoms with Crippen molar-refractivity contribution in [2.75, 3.05) is 19.3 Å². The van der Waals surface area contributed by atoms with Crippen LogP contribution < -0.4 is 0 Å². The van der Waals surface area contributed by atoms with E-state index in [1.807, 2.05) is 0 Å². The van der Waals surface area contributed by atoms with E-state index >= 15 is 0 Å². The van der Waals surface area contributed by atoms with E-state index in [1.54, 1.807) is 11.0 Å². The number of amides is 1. The maximum Gasteiger partial charge on any atom is 0.306 e. The quantitative estimate of drug-likeness (QED) is 0.900. The summed E-state index contributed by atoms with van der Waals surface area (Å²) in [4.78, 5) is 24.9. The van der Waals surface area contributed by atoms with Gasteiger partial charge in [0.15, 0.2) is 9.84 Å². The second kappa shape index (κ2) is 5.85. The average molecular weight is 311 g/mol. The third-order valence-electron chi connectivity index (χ3n) is 3.64. The number of carbonyl (C=O) groups excluding carboxylic acids is 1. The van der Waals surface area contributed by atoms with Gasteiger partial charge in [-0.25, -0.2) is 8.42 Å². The first kappa shape index (κ1) is 15.5. The zero-order valence-corrected chi connectivity index (χ0v) is 12.5. The van der Waals surface area contributed by atoms with Crippen LogP contribution in [0.1, 0.15) is 23.2 Å². The number of carboxylic acid groups (broad SMARTS) is 1. The highest BCUT2D eigenvalue weighted by atomic mass is 32.2. The molecule has 114 valence electrons. The average Bonchev–Trinajstić information content (AvgIpc) is 2.46. The summed E-state index contributed by atoms with van der Waals surface area (Å²) in [7, 11) is -3.36. The molecule has 1 heterocycles. The van der Waals surface area contributed by atoms with E-state index in [0.717, 1.165) is 6.26 Å². The molecule has 1 aromatic rings. The number of benzene rings is 1. The third kappa shape index (κ3) is 3.60. The molecule has 0 atom stereocenters. The number of carboxylic acids is 1. The lowest BCUT2D eigenvalue weighted by Gasteiger charge is -2.30. The molecule has 0 saturated carbocycles. The molecule has 7 heteroatoms. The minimum atomic E-state index is -3.36. The molecule has 0 bridgehead atoms. The molecule has 1 amide bonds. The zero-order chi connectivity index (χ0) is 15.6. The molecule has 2 rings (SSSR count). The molecule has 1 fully saturated rings. The van der Waals surface area contributed by atoms with E-state index in [0.29, 0.717) is 31.5 Å². The van der Waals surface area contributed by atoms with Crippen LogP contribution in [0.2, 0.25) is 0 Å². The predicted molar refractivity (Wildman–Crippen MR) is 75.8 cm³/mol. The van der Waals surface area contributed by atoms with Gasteiger partial charge in [-0.1, -0.05) is 6.07 Å². The molecule has 1 aliphatic heterocycles. The molecular weight excluding hydrogens is 294 g/mol. The van der Waals surface area contributed by atoms with Crippen LogP contribution in [0.3, 0.4) is 0 Å². The first-order chi connectivity index (χ1) is 9.79. The number of aliphatic carboxylic acids is 1. The van der Waals surface area contributed by atoms with Gasteiger partial charge in [0.2, 0.25) is 0 Å². The standard InChI is InChI=1S/C14H17NO5S/c1-21(19,20)12-4-2-3-11(9-12)13(16)15-7-5-10(6-8-15)14(17)18/h2-4,9-10H,5-8H2,1H3,(H,17,18). The summed E-state index contributed by atoms with van der Waals surface area (Å²) in [5.74, 6) is -1.50. The Morgan fingerprint density at radius 3 is 2.38 bits per heavy atom. The molecule has 0 aliphatic carbocycles. The topological polar surface area (TPSA) is 91.8 Å². The van der Waals surface area contributed by atoms with Gasteiger partial charge < -0.3 is 10.0 Å². The fraction of sp³-hybridized carbons (Fsp3) is 0.429. The van der Waals surface area contributed by atoms with Crippen molar-refractivity contribution in [2.24, 2.45) is 5.92 Å². The van der Waals surface area contributed by atoms with Crippen molar-refractivity contribution >= 4 is 21.7 Å². The molecule has 6 nitrogen and oxygen atoms in total. The van der Waals surface area contributed by atoms with Crippen LogP contribution in [-0.4, -0.2) is 49.6 Å². The molecule has 0 radical (unpaired) electrons.